The molecule has 0 radical (unpaired) electrons. The molecule has 6 heteroatoms. The molecule has 0 heterocycles. The summed E-state index contributed by atoms with van der Waals surface area (Å²) in [5.74, 6) is -1.57. The SMILES string of the molecule is C[SiH](CCCO)[Zr]([Cl])([Cl])([NH]C(C)(C)C)[CH]1c2ccccc2-c2ccccc21. The van der Waals surface area contributed by atoms with Crippen LogP contribution in [0.3, 0.4) is 0 Å². The van der Waals surface area contributed by atoms with Crippen LogP contribution in [0.15, 0.2) is 48.5 Å². The van der Waals surface area contributed by atoms with Gasteiger partial charge in [-0.15, -0.1) is 0 Å². The van der Waals surface area contributed by atoms with E-state index in [1.54, 1.807) is 0 Å². The van der Waals surface area contributed by atoms with Crippen LogP contribution in [-0.2, 0) is 15.8 Å². The molecule has 0 spiro atoms. The van der Waals surface area contributed by atoms with Crippen LogP contribution in [0.4, 0.5) is 0 Å². The van der Waals surface area contributed by atoms with Crippen LogP contribution in [0, 0.1) is 0 Å². The van der Waals surface area contributed by atoms with Gasteiger partial charge in [0.25, 0.3) is 0 Å². The Bertz CT molecular complexity index is 791. The maximum absolute atomic E-state index is 9.42. The zero-order valence-electron chi connectivity index (χ0n) is 16.6. The molecule has 2 aromatic carbocycles. The quantitative estimate of drug-likeness (QED) is 0.490. The van der Waals surface area contributed by atoms with E-state index in [0.29, 0.717) is 0 Å². The first-order valence-corrected chi connectivity index (χ1v) is 25.5. The minimum absolute atomic E-state index is 0.0572. The molecule has 2 N–H and O–H groups in total. The van der Waals surface area contributed by atoms with Crippen LogP contribution in [0.1, 0.15) is 41.9 Å². The fourth-order valence-electron chi connectivity index (χ4n) is 4.58. The normalized spacial score (nSPS) is 17.1. The van der Waals surface area contributed by atoms with E-state index in [0.717, 1.165) is 12.5 Å². The van der Waals surface area contributed by atoms with E-state index in [4.69, 9.17) is 17.0 Å². The van der Waals surface area contributed by atoms with E-state index < -0.39 is 21.8 Å². The first kappa shape index (κ1) is 21.7. The molecule has 0 saturated heterocycles. The Morgan fingerprint density at radius 3 is 1.93 bits per heavy atom. The fourth-order valence-corrected chi connectivity index (χ4v) is 40.8. The summed E-state index contributed by atoms with van der Waals surface area (Å²) in [5.41, 5.74) is 4.91. The maximum atomic E-state index is 9.42. The van der Waals surface area contributed by atoms with Crippen LogP contribution >= 0.6 is 17.0 Å². The summed E-state index contributed by atoms with van der Waals surface area (Å²) >= 11 is -4.51. The number of hydrogen-bond donors (Lipinski definition) is 2. The van der Waals surface area contributed by atoms with Gasteiger partial charge in [0.1, 0.15) is 0 Å². The molecule has 0 fully saturated rings. The van der Waals surface area contributed by atoms with Crippen molar-refractivity contribution in [2.45, 2.75) is 48.9 Å². The number of fused-ring (bicyclic) bond motifs is 3. The predicted octanol–water partition coefficient (Wildman–Crippen LogP) is 5.79. The van der Waals surface area contributed by atoms with Crippen molar-refractivity contribution < 1.29 is 21.0 Å². The average Bonchev–Trinajstić information content (AvgIpc) is 2.93. The van der Waals surface area contributed by atoms with Gasteiger partial charge in [-0.2, -0.15) is 0 Å². The van der Waals surface area contributed by atoms with Gasteiger partial charge in [-0.05, 0) is 0 Å². The van der Waals surface area contributed by atoms with Gasteiger partial charge >= 0.3 is 174 Å². The Morgan fingerprint density at radius 1 is 1.00 bits per heavy atom. The van der Waals surface area contributed by atoms with Crippen LogP contribution < -0.4 is 3.26 Å². The van der Waals surface area contributed by atoms with E-state index in [9.17, 15) is 5.11 Å². The van der Waals surface area contributed by atoms with Crippen molar-refractivity contribution in [3.63, 3.8) is 0 Å². The molecular weight excluding hydrogens is 472 g/mol. The summed E-state index contributed by atoms with van der Waals surface area (Å²) in [6.07, 6.45) is 0.776. The van der Waals surface area contributed by atoms with E-state index >= 15 is 0 Å². The summed E-state index contributed by atoms with van der Waals surface area (Å²) < 4.78 is 3.92. The zero-order valence-corrected chi connectivity index (χ0v) is 21.7. The van der Waals surface area contributed by atoms with Gasteiger partial charge in [-0.3, -0.25) is 0 Å². The number of nitrogens with one attached hydrogen (secondary N) is 1. The second-order valence-corrected chi connectivity index (χ2v) is 48.5. The molecule has 1 aliphatic rings. The predicted molar refractivity (Wildman–Crippen MR) is 118 cm³/mol. The van der Waals surface area contributed by atoms with Crippen LogP contribution in [0.2, 0.25) is 12.6 Å². The van der Waals surface area contributed by atoms with Gasteiger partial charge in [-0.1, -0.05) is 0 Å². The van der Waals surface area contributed by atoms with Gasteiger partial charge in [0, 0.05) is 0 Å². The molecule has 3 rings (SSSR count). The van der Waals surface area contributed by atoms with Crippen molar-refractivity contribution in [3.8, 4) is 11.1 Å². The van der Waals surface area contributed by atoms with Crippen LogP contribution in [0.5, 0.6) is 0 Å². The van der Waals surface area contributed by atoms with E-state index in [2.05, 4.69) is 79.1 Å². The topological polar surface area (TPSA) is 32.3 Å². The first-order chi connectivity index (χ1) is 12.6. The summed E-state index contributed by atoms with van der Waals surface area (Å²) in [4.78, 5) is 0. The van der Waals surface area contributed by atoms with E-state index in [1.165, 1.54) is 22.3 Å². The third kappa shape index (κ3) is 4.04. The third-order valence-corrected chi connectivity index (χ3v) is 51.1. The van der Waals surface area contributed by atoms with Crippen molar-refractivity contribution >= 4 is 22.9 Å². The van der Waals surface area contributed by atoms with Crippen LogP contribution in [0.25, 0.3) is 11.1 Å². The fraction of sp³-hybridized carbons (Fsp3) is 0.429. The number of halogens is 2. The molecule has 1 unspecified atom stereocenters. The summed E-state index contributed by atoms with van der Waals surface area (Å²) in [6.45, 7) is 8.98. The summed E-state index contributed by atoms with van der Waals surface area (Å²) in [6, 6.07) is 18.1. The number of aliphatic hydroxyl groups excluding tert-OH is 1. The molecule has 1 atom stereocenters. The molecule has 2 aromatic rings. The third-order valence-electron chi connectivity index (χ3n) is 5.68. The van der Waals surface area contributed by atoms with E-state index in [1.807, 2.05) is 0 Å². The molecule has 2 nitrogen and oxygen atoms in total. The Balaban J connectivity index is 2.24. The van der Waals surface area contributed by atoms with Crippen molar-refractivity contribution in [1.82, 2.24) is 3.26 Å². The van der Waals surface area contributed by atoms with Crippen LogP contribution in [-0.4, -0.2) is 23.2 Å². The Morgan fingerprint density at radius 2 is 1.48 bits per heavy atom. The van der Waals surface area contributed by atoms with Gasteiger partial charge < -0.3 is 0 Å². The standard InChI is InChI=1S/C13H9.C4H10N.C4H11OSi.2ClH.Zr/c1-3-7-12-10(5-1)9-11-6-2-4-8-13(11)12;1-4(2,3)5;1-6-4-2-3-5;;;/h1-9H;5H,1-3H3;5-6H,2-4H2,1H3;2*1H;/q;-1;;;;+3/p-2. The second-order valence-electron chi connectivity index (χ2n) is 8.90. The van der Waals surface area contributed by atoms with Crippen molar-refractivity contribution in [1.29, 1.82) is 0 Å². The van der Waals surface area contributed by atoms with Crippen molar-refractivity contribution in [2.24, 2.45) is 0 Å². The van der Waals surface area contributed by atoms with Gasteiger partial charge in [0.05, 0.1) is 0 Å². The summed E-state index contributed by atoms with van der Waals surface area (Å²) in [5, 5.41) is 9.42. The number of benzene rings is 2. The van der Waals surface area contributed by atoms with Gasteiger partial charge in [-0.25, -0.2) is 0 Å². The molecule has 27 heavy (non-hydrogen) atoms. The first-order valence-electron chi connectivity index (χ1n) is 9.74. The molecule has 1 aliphatic carbocycles. The zero-order chi connectivity index (χ0) is 19.9. The summed E-state index contributed by atoms with van der Waals surface area (Å²) in [7, 11) is 15.5. The molecule has 0 aromatic heterocycles. The number of rotatable bonds is 6. The Kier molecular flexibility index (Phi) is 6.20. The molecule has 0 saturated carbocycles. The molecule has 0 aliphatic heterocycles. The second kappa shape index (κ2) is 7.70. The Hall–Kier alpha value is 0.0400. The molecule has 0 amide bonds. The van der Waals surface area contributed by atoms with E-state index in [-0.39, 0.29) is 15.8 Å². The van der Waals surface area contributed by atoms with Gasteiger partial charge in [0.15, 0.2) is 0 Å². The average molecular weight is 503 g/mol. The molecular formula is C21H30Cl2NOSiZr. The molecule has 147 valence electrons. The van der Waals surface area contributed by atoms with Gasteiger partial charge in [0.2, 0.25) is 0 Å². The minimum atomic E-state index is -4.51. The monoisotopic (exact) mass is 500 g/mol. The molecule has 0 bridgehead atoms. The van der Waals surface area contributed by atoms with Crippen molar-refractivity contribution in [3.05, 3.63) is 59.7 Å². The number of hydrogen-bond acceptors (Lipinski definition) is 2. The number of aliphatic hydroxyl groups is 1. The Labute approximate surface area is 172 Å². The van der Waals surface area contributed by atoms with Crippen molar-refractivity contribution in [2.75, 3.05) is 6.61 Å².